The van der Waals surface area contributed by atoms with Gasteiger partial charge in [-0.1, -0.05) is 31.2 Å². The summed E-state index contributed by atoms with van der Waals surface area (Å²) in [7, 11) is 0. The second kappa shape index (κ2) is 6.82. The highest BCUT2D eigenvalue weighted by Crippen LogP contribution is 2.22. The largest absolute Gasteiger partial charge is 0.332 e. The Morgan fingerprint density at radius 2 is 2.08 bits per heavy atom. The number of carbonyl (C=O) groups excluding carboxylic acids is 1. The van der Waals surface area contributed by atoms with Gasteiger partial charge in [-0.3, -0.25) is 4.79 Å². The van der Waals surface area contributed by atoms with Gasteiger partial charge in [0, 0.05) is 31.1 Å². The normalized spacial score (nSPS) is 13.6. The standard InChI is InChI=1S/C19H22N6O/c1-13(2)9-18-20-10-14-11-24(12-16(14)21-18)19(26)7-8-25-17-6-4-3-5-15(17)22-23-25/h3-6,10,13H,7-9,11-12H2,1-2H3. The SMILES string of the molecule is CC(C)Cc1ncc2c(n1)CN(C(=O)CCn1nnc3ccccc31)C2. The lowest BCUT2D eigenvalue weighted by Crippen LogP contribution is -2.26. The third-order valence-corrected chi connectivity index (χ3v) is 4.61. The van der Waals surface area contributed by atoms with Gasteiger partial charge in [-0.15, -0.1) is 5.10 Å². The van der Waals surface area contributed by atoms with Gasteiger partial charge in [0.15, 0.2) is 0 Å². The number of nitrogens with zero attached hydrogens (tertiary/aromatic N) is 6. The third kappa shape index (κ3) is 3.29. The lowest BCUT2D eigenvalue weighted by molar-refractivity contribution is -0.132. The van der Waals surface area contributed by atoms with Crippen molar-refractivity contribution in [2.75, 3.05) is 0 Å². The summed E-state index contributed by atoms with van der Waals surface area (Å²) in [5.74, 6) is 1.49. The molecule has 0 saturated heterocycles. The second-order valence-corrected chi connectivity index (χ2v) is 7.16. The van der Waals surface area contributed by atoms with Crippen molar-refractivity contribution in [1.82, 2.24) is 29.9 Å². The minimum atomic E-state index is 0.105. The van der Waals surface area contributed by atoms with Crippen molar-refractivity contribution in [2.45, 2.75) is 46.3 Å². The summed E-state index contributed by atoms with van der Waals surface area (Å²) in [6.07, 6.45) is 3.13. The van der Waals surface area contributed by atoms with E-state index < -0.39 is 0 Å². The van der Waals surface area contributed by atoms with Crippen LogP contribution in [0.1, 0.15) is 37.4 Å². The van der Waals surface area contributed by atoms with Crippen LogP contribution in [0.4, 0.5) is 0 Å². The van der Waals surface area contributed by atoms with E-state index in [-0.39, 0.29) is 5.91 Å². The van der Waals surface area contributed by atoms with E-state index >= 15 is 0 Å². The molecule has 4 rings (SSSR count). The van der Waals surface area contributed by atoms with Crippen LogP contribution in [0.15, 0.2) is 30.5 Å². The predicted octanol–water partition coefficient (Wildman–Crippen LogP) is 2.35. The molecule has 1 amide bonds. The monoisotopic (exact) mass is 350 g/mol. The van der Waals surface area contributed by atoms with Gasteiger partial charge in [-0.2, -0.15) is 0 Å². The molecule has 3 heterocycles. The fourth-order valence-corrected chi connectivity index (χ4v) is 3.28. The first-order chi connectivity index (χ1) is 12.6. The van der Waals surface area contributed by atoms with Gasteiger partial charge in [-0.25, -0.2) is 14.6 Å². The van der Waals surface area contributed by atoms with E-state index in [0.29, 0.717) is 32.0 Å². The highest BCUT2D eigenvalue weighted by atomic mass is 16.2. The Kier molecular flexibility index (Phi) is 4.36. The van der Waals surface area contributed by atoms with Gasteiger partial charge < -0.3 is 4.90 Å². The maximum atomic E-state index is 12.6. The van der Waals surface area contributed by atoms with E-state index in [4.69, 9.17) is 0 Å². The molecule has 0 fully saturated rings. The van der Waals surface area contributed by atoms with Gasteiger partial charge in [0.1, 0.15) is 11.3 Å². The zero-order chi connectivity index (χ0) is 18.1. The summed E-state index contributed by atoms with van der Waals surface area (Å²) in [6, 6.07) is 7.78. The van der Waals surface area contributed by atoms with Gasteiger partial charge in [0.25, 0.3) is 0 Å². The smallest absolute Gasteiger partial charge is 0.225 e. The highest BCUT2D eigenvalue weighted by Gasteiger charge is 2.25. The molecule has 0 aliphatic carbocycles. The molecule has 1 aliphatic rings. The molecule has 1 aliphatic heterocycles. The number of carbonyl (C=O) groups is 1. The summed E-state index contributed by atoms with van der Waals surface area (Å²) in [6.45, 7) is 5.99. The molecule has 7 nitrogen and oxygen atoms in total. The Bertz CT molecular complexity index is 948. The van der Waals surface area contributed by atoms with E-state index in [1.54, 1.807) is 4.68 Å². The maximum absolute atomic E-state index is 12.6. The Morgan fingerprint density at radius 1 is 1.23 bits per heavy atom. The fourth-order valence-electron chi connectivity index (χ4n) is 3.28. The van der Waals surface area contributed by atoms with Crippen LogP contribution in [-0.4, -0.2) is 35.8 Å². The number of fused-ring (bicyclic) bond motifs is 2. The summed E-state index contributed by atoms with van der Waals surface area (Å²) < 4.78 is 1.79. The van der Waals surface area contributed by atoms with Gasteiger partial charge in [0.2, 0.25) is 5.91 Å². The molecule has 0 unspecified atom stereocenters. The van der Waals surface area contributed by atoms with Crippen molar-refractivity contribution in [3.05, 3.63) is 47.5 Å². The molecule has 134 valence electrons. The zero-order valence-electron chi connectivity index (χ0n) is 15.1. The molecule has 0 atom stereocenters. The predicted molar refractivity (Wildman–Crippen MR) is 97.0 cm³/mol. The van der Waals surface area contributed by atoms with Crippen LogP contribution in [0.5, 0.6) is 0 Å². The molecule has 0 saturated carbocycles. The molecule has 0 spiro atoms. The summed E-state index contributed by atoms with van der Waals surface area (Å²) in [5.41, 5.74) is 3.84. The molecule has 0 N–H and O–H groups in total. The van der Waals surface area contributed by atoms with E-state index in [0.717, 1.165) is 34.5 Å². The van der Waals surface area contributed by atoms with Gasteiger partial charge in [-0.05, 0) is 18.1 Å². The maximum Gasteiger partial charge on any atom is 0.225 e. The minimum Gasteiger partial charge on any atom is -0.332 e. The molecule has 0 bridgehead atoms. The number of hydrogen-bond acceptors (Lipinski definition) is 5. The Hall–Kier alpha value is -2.83. The second-order valence-electron chi connectivity index (χ2n) is 7.16. The van der Waals surface area contributed by atoms with Gasteiger partial charge >= 0.3 is 0 Å². The lowest BCUT2D eigenvalue weighted by atomic mass is 10.1. The summed E-state index contributed by atoms with van der Waals surface area (Å²) in [4.78, 5) is 23.5. The molecule has 7 heteroatoms. The quantitative estimate of drug-likeness (QED) is 0.706. The molecular formula is C19H22N6O. The number of para-hydroxylation sites is 1. The number of amides is 1. The first kappa shape index (κ1) is 16.6. The van der Waals surface area contributed by atoms with Crippen LogP contribution in [0.2, 0.25) is 0 Å². The van der Waals surface area contributed by atoms with Crippen molar-refractivity contribution in [3.8, 4) is 0 Å². The zero-order valence-corrected chi connectivity index (χ0v) is 15.1. The van der Waals surface area contributed by atoms with Gasteiger partial charge in [0.05, 0.1) is 24.3 Å². The highest BCUT2D eigenvalue weighted by molar-refractivity contribution is 5.77. The first-order valence-electron chi connectivity index (χ1n) is 9.00. The summed E-state index contributed by atoms with van der Waals surface area (Å²) >= 11 is 0. The van der Waals surface area contributed by atoms with Crippen molar-refractivity contribution < 1.29 is 4.79 Å². The molecule has 0 radical (unpaired) electrons. The van der Waals surface area contributed by atoms with E-state index in [1.165, 1.54) is 0 Å². The Labute approximate surface area is 152 Å². The third-order valence-electron chi connectivity index (χ3n) is 4.61. The lowest BCUT2D eigenvalue weighted by Gasteiger charge is -2.14. The Morgan fingerprint density at radius 3 is 2.92 bits per heavy atom. The van der Waals surface area contributed by atoms with Crippen LogP contribution >= 0.6 is 0 Å². The molecule has 2 aromatic heterocycles. The van der Waals surface area contributed by atoms with Crippen molar-refractivity contribution >= 4 is 16.9 Å². The van der Waals surface area contributed by atoms with E-state index in [1.807, 2.05) is 35.4 Å². The van der Waals surface area contributed by atoms with Crippen molar-refractivity contribution in [2.24, 2.45) is 5.92 Å². The van der Waals surface area contributed by atoms with Crippen molar-refractivity contribution in [3.63, 3.8) is 0 Å². The number of benzene rings is 1. The van der Waals surface area contributed by atoms with Crippen LogP contribution < -0.4 is 0 Å². The number of hydrogen-bond donors (Lipinski definition) is 0. The van der Waals surface area contributed by atoms with Crippen LogP contribution in [0.25, 0.3) is 11.0 Å². The number of rotatable bonds is 5. The van der Waals surface area contributed by atoms with E-state index in [9.17, 15) is 4.79 Å². The van der Waals surface area contributed by atoms with Crippen molar-refractivity contribution in [1.29, 1.82) is 0 Å². The Balaban J connectivity index is 1.40. The number of aromatic nitrogens is 5. The topological polar surface area (TPSA) is 76.8 Å². The fraction of sp³-hybridized carbons (Fsp3) is 0.421. The first-order valence-corrected chi connectivity index (χ1v) is 9.00. The average molecular weight is 350 g/mol. The van der Waals surface area contributed by atoms with E-state index in [2.05, 4.69) is 34.1 Å². The average Bonchev–Trinajstić information content (AvgIpc) is 3.23. The molecule has 3 aromatic rings. The summed E-state index contributed by atoms with van der Waals surface area (Å²) in [5, 5.41) is 8.28. The molecule has 1 aromatic carbocycles. The van der Waals surface area contributed by atoms with Crippen LogP contribution in [-0.2, 0) is 30.8 Å². The van der Waals surface area contributed by atoms with Crippen LogP contribution in [0.3, 0.4) is 0 Å². The molecular weight excluding hydrogens is 328 g/mol. The van der Waals surface area contributed by atoms with Crippen LogP contribution in [0, 0.1) is 5.92 Å². The number of aryl methyl sites for hydroxylation is 1. The minimum absolute atomic E-state index is 0.105. The molecule has 26 heavy (non-hydrogen) atoms.